The summed E-state index contributed by atoms with van der Waals surface area (Å²) in [5, 5.41) is 0. The molecule has 3 rings (SSSR count). The van der Waals surface area contributed by atoms with Crippen LogP contribution in [0.2, 0.25) is 0 Å². The highest BCUT2D eigenvalue weighted by atomic mass is 32.2. The van der Waals surface area contributed by atoms with Gasteiger partial charge in [-0.3, -0.25) is 4.79 Å². The van der Waals surface area contributed by atoms with Gasteiger partial charge < -0.3 is 9.30 Å². The lowest BCUT2D eigenvalue weighted by atomic mass is 9.98. The van der Waals surface area contributed by atoms with Crippen molar-refractivity contribution in [2.75, 3.05) is 33.1 Å². The quantitative estimate of drug-likeness (QED) is 0.743. The van der Waals surface area contributed by atoms with Gasteiger partial charge in [0.15, 0.2) is 4.80 Å². The van der Waals surface area contributed by atoms with Gasteiger partial charge in [0.25, 0.3) is 5.91 Å². The van der Waals surface area contributed by atoms with E-state index >= 15 is 0 Å². The van der Waals surface area contributed by atoms with Crippen LogP contribution in [-0.4, -0.2) is 56.3 Å². The van der Waals surface area contributed by atoms with Crippen LogP contribution in [0.4, 0.5) is 4.39 Å². The van der Waals surface area contributed by atoms with Gasteiger partial charge in [-0.1, -0.05) is 17.4 Å². The number of sulfonamides is 1. The number of carbonyl (C=O) groups excluding carboxylic acids is 1. The van der Waals surface area contributed by atoms with Gasteiger partial charge in [0.05, 0.1) is 23.1 Å². The zero-order chi connectivity index (χ0) is 19.6. The van der Waals surface area contributed by atoms with Crippen LogP contribution in [0.15, 0.2) is 23.2 Å². The molecule has 10 heteroatoms. The summed E-state index contributed by atoms with van der Waals surface area (Å²) in [5.74, 6) is -0.981. The zero-order valence-corrected chi connectivity index (χ0v) is 16.9. The van der Waals surface area contributed by atoms with E-state index in [1.54, 1.807) is 23.8 Å². The smallest absolute Gasteiger partial charge is 0.251 e. The molecule has 0 aliphatic carbocycles. The maximum atomic E-state index is 14.3. The van der Waals surface area contributed by atoms with E-state index in [-0.39, 0.29) is 17.6 Å². The largest absolute Gasteiger partial charge is 0.383 e. The van der Waals surface area contributed by atoms with E-state index < -0.39 is 10.0 Å². The van der Waals surface area contributed by atoms with E-state index in [1.165, 1.54) is 28.0 Å². The Balaban J connectivity index is 1.89. The first-order chi connectivity index (χ1) is 12.8. The lowest BCUT2D eigenvalue weighted by Crippen LogP contribution is -2.39. The van der Waals surface area contributed by atoms with Crippen LogP contribution in [0.3, 0.4) is 0 Å². The van der Waals surface area contributed by atoms with Crippen LogP contribution in [-0.2, 0) is 26.1 Å². The van der Waals surface area contributed by atoms with Crippen molar-refractivity contribution in [3.8, 4) is 0 Å². The number of rotatable bonds is 5. The molecule has 7 nitrogen and oxygen atoms in total. The number of thiazole rings is 1. The molecular weight excluding hydrogens is 393 g/mol. The van der Waals surface area contributed by atoms with Crippen molar-refractivity contribution < 1.29 is 22.3 Å². The van der Waals surface area contributed by atoms with E-state index in [9.17, 15) is 17.6 Å². The fourth-order valence-corrected chi connectivity index (χ4v) is 5.13. The molecule has 1 aromatic heterocycles. The fourth-order valence-electron chi connectivity index (χ4n) is 3.18. The normalized spacial score (nSPS) is 17.7. The molecule has 148 valence electrons. The van der Waals surface area contributed by atoms with Gasteiger partial charge in [0.1, 0.15) is 5.82 Å². The van der Waals surface area contributed by atoms with Gasteiger partial charge in [-0.15, -0.1) is 0 Å². The van der Waals surface area contributed by atoms with Crippen molar-refractivity contribution in [2.24, 2.45) is 10.9 Å². The number of halogens is 1. The summed E-state index contributed by atoms with van der Waals surface area (Å²) >= 11 is 1.26. The van der Waals surface area contributed by atoms with E-state index in [1.807, 2.05) is 0 Å². The molecule has 0 atom stereocenters. The second-order valence-corrected chi connectivity index (χ2v) is 9.49. The number of fused-ring (bicyclic) bond motifs is 1. The van der Waals surface area contributed by atoms with Crippen LogP contribution in [0, 0.1) is 11.7 Å². The fraction of sp³-hybridized carbons (Fsp3) is 0.529. The van der Waals surface area contributed by atoms with E-state index in [0.29, 0.717) is 54.1 Å². The summed E-state index contributed by atoms with van der Waals surface area (Å²) < 4.78 is 46.3. The van der Waals surface area contributed by atoms with Crippen molar-refractivity contribution in [1.82, 2.24) is 8.87 Å². The van der Waals surface area contributed by atoms with E-state index in [0.717, 1.165) is 0 Å². The summed E-state index contributed by atoms with van der Waals surface area (Å²) in [5.41, 5.74) is 0.415. The molecule has 2 aromatic rings. The Bertz CT molecular complexity index is 1000. The average Bonchev–Trinajstić information content (AvgIpc) is 2.97. The number of carbonyl (C=O) groups is 1. The summed E-state index contributed by atoms with van der Waals surface area (Å²) in [7, 11) is -1.68. The Morgan fingerprint density at radius 2 is 2.07 bits per heavy atom. The minimum absolute atomic E-state index is 0.290. The molecule has 0 radical (unpaired) electrons. The van der Waals surface area contributed by atoms with Crippen LogP contribution >= 0.6 is 11.3 Å². The van der Waals surface area contributed by atoms with Crippen LogP contribution < -0.4 is 4.80 Å². The van der Waals surface area contributed by atoms with Gasteiger partial charge in [-0.05, 0) is 25.0 Å². The van der Waals surface area contributed by atoms with Gasteiger partial charge in [-0.2, -0.15) is 4.99 Å². The first kappa shape index (κ1) is 20.1. The van der Waals surface area contributed by atoms with Crippen molar-refractivity contribution in [2.45, 2.75) is 19.4 Å². The molecule has 2 heterocycles. The molecule has 0 bridgehead atoms. The average molecular weight is 416 g/mol. The number of benzene rings is 1. The molecule has 0 saturated carbocycles. The molecule has 1 aliphatic heterocycles. The Hall–Kier alpha value is -1.62. The van der Waals surface area contributed by atoms with Crippen LogP contribution in [0.25, 0.3) is 10.2 Å². The summed E-state index contributed by atoms with van der Waals surface area (Å²) in [6.45, 7) is 1.38. The van der Waals surface area contributed by atoms with Crippen molar-refractivity contribution in [3.05, 3.63) is 28.8 Å². The van der Waals surface area contributed by atoms with Gasteiger partial charge in [0.2, 0.25) is 10.0 Å². The second kappa shape index (κ2) is 8.17. The number of amides is 1. The minimum atomic E-state index is -3.24. The highest BCUT2D eigenvalue weighted by molar-refractivity contribution is 7.88. The molecule has 1 amide bonds. The Labute approximate surface area is 161 Å². The number of aromatic nitrogens is 1. The predicted molar refractivity (Wildman–Crippen MR) is 101 cm³/mol. The van der Waals surface area contributed by atoms with Crippen molar-refractivity contribution >= 4 is 37.5 Å². The number of ether oxygens (including phenoxy) is 1. The van der Waals surface area contributed by atoms with Crippen molar-refractivity contribution in [3.63, 3.8) is 0 Å². The molecule has 1 aliphatic rings. The monoisotopic (exact) mass is 415 g/mol. The predicted octanol–water partition coefficient (Wildman–Crippen LogP) is 1.59. The maximum absolute atomic E-state index is 14.3. The van der Waals surface area contributed by atoms with Gasteiger partial charge in [0, 0.05) is 32.7 Å². The third-order valence-electron chi connectivity index (χ3n) is 4.65. The SMILES string of the molecule is COCCn1c(=NC(=O)C2CCN(S(C)(=O)=O)CC2)sc2cccc(F)c21. The highest BCUT2D eigenvalue weighted by Crippen LogP contribution is 2.22. The zero-order valence-electron chi connectivity index (χ0n) is 15.2. The topological polar surface area (TPSA) is 81.0 Å². The molecule has 0 unspecified atom stereocenters. The number of para-hydroxylation sites is 1. The standard InChI is InChI=1S/C17H22FN3O4S2/c1-25-11-10-21-15-13(18)4-3-5-14(15)26-17(21)19-16(22)12-6-8-20(9-7-12)27(2,23)24/h3-5,12H,6-11H2,1-2H3. The summed E-state index contributed by atoms with van der Waals surface area (Å²) in [6.07, 6.45) is 2.05. The molecule has 0 N–H and O–H groups in total. The third-order valence-corrected chi connectivity index (χ3v) is 7.00. The molecular formula is C17H22FN3O4S2. The van der Waals surface area contributed by atoms with Gasteiger partial charge in [-0.25, -0.2) is 17.1 Å². The summed E-state index contributed by atoms with van der Waals surface area (Å²) in [6, 6.07) is 4.80. The van der Waals surface area contributed by atoms with Crippen LogP contribution in [0.5, 0.6) is 0 Å². The number of piperidine rings is 1. The molecule has 1 fully saturated rings. The Morgan fingerprint density at radius 3 is 2.70 bits per heavy atom. The minimum Gasteiger partial charge on any atom is -0.383 e. The molecule has 27 heavy (non-hydrogen) atoms. The highest BCUT2D eigenvalue weighted by Gasteiger charge is 2.29. The van der Waals surface area contributed by atoms with E-state index in [4.69, 9.17) is 4.74 Å². The summed E-state index contributed by atoms with van der Waals surface area (Å²) in [4.78, 5) is 17.3. The van der Waals surface area contributed by atoms with E-state index in [2.05, 4.69) is 4.99 Å². The molecule has 1 aromatic carbocycles. The van der Waals surface area contributed by atoms with Gasteiger partial charge >= 0.3 is 0 Å². The second-order valence-electron chi connectivity index (χ2n) is 6.50. The Morgan fingerprint density at radius 1 is 1.37 bits per heavy atom. The first-order valence-electron chi connectivity index (χ1n) is 8.61. The lowest BCUT2D eigenvalue weighted by Gasteiger charge is -2.28. The number of hydrogen-bond acceptors (Lipinski definition) is 5. The number of nitrogens with zero attached hydrogens (tertiary/aromatic N) is 3. The Kier molecular flexibility index (Phi) is 6.09. The number of methoxy groups -OCH3 is 1. The van der Waals surface area contributed by atoms with Crippen LogP contribution in [0.1, 0.15) is 12.8 Å². The lowest BCUT2D eigenvalue weighted by molar-refractivity contribution is -0.122. The number of hydrogen-bond donors (Lipinski definition) is 0. The maximum Gasteiger partial charge on any atom is 0.251 e. The molecule has 1 saturated heterocycles. The first-order valence-corrected chi connectivity index (χ1v) is 11.3. The molecule has 0 spiro atoms. The van der Waals surface area contributed by atoms with Crippen molar-refractivity contribution in [1.29, 1.82) is 0 Å². The third kappa shape index (κ3) is 4.45.